The van der Waals surface area contributed by atoms with Gasteiger partial charge in [-0.1, -0.05) is 6.92 Å². The fourth-order valence-corrected chi connectivity index (χ4v) is 0.175. The van der Waals surface area contributed by atoms with Crippen LogP contribution in [0.5, 0.6) is 0 Å². The molecule has 46 valence electrons. The standard InChI is InChI=1S/C4H9NO2.Mg.2H/c1-2-3(5)4(6)7;;;/h3H,2,5H2,1H3,(H,6,7);;;. The van der Waals surface area contributed by atoms with Gasteiger partial charge in [0.15, 0.2) is 0 Å². The van der Waals surface area contributed by atoms with Crippen molar-refractivity contribution in [2.24, 2.45) is 5.73 Å². The van der Waals surface area contributed by atoms with Crippen molar-refractivity contribution in [1.82, 2.24) is 0 Å². The minimum Gasteiger partial charge on any atom is -0.480 e. The van der Waals surface area contributed by atoms with Crippen LogP contribution in [0, 0.1) is 0 Å². The van der Waals surface area contributed by atoms with Gasteiger partial charge in [0.25, 0.3) is 0 Å². The van der Waals surface area contributed by atoms with E-state index in [0.717, 1.165) is 0 Å². The molecule has 0 bridgehead atoms. The Morgan fingerprint density at radius 1 is 1.88 bits per heavy atom. The largest absolute Gasteiger partial charge is 0.480 e. The van der Waals surface area contributed by atoms with Crippen LogP contribution in [0.15, 0.2) is 0 Å². The SMILES string of the molecule is CCC(N)C(=O)O.[MgH2]. The normalized spacial score (nSPS) is 11.8. The average Bonchev–Trinajstić information content (AvgIpc) is 1.65. The van der Waals surface area contributed by atoms with Crippen LogP contribution < -0.4 is 5.73 Å². The van der Waals surface area contributed by atoms with Gasteiger partial charge in [-0.25, -0.2) is 0 Å². The Bertz CT molecular complexity index is 76.4. The number of hydrogen-bond acceptors (Lipinski definition) is 2. The third-order valence-corrected chi connectivity index (χ3v) is 0.757. The van der Waals surface area contributed by atoms with Gasteiger partial charge in [-0.2, -0.15) is 0 Å². The van der Waals surface area contributed by atoms with Crippen molar-refractivity contribution in [3.05, 3.63) is 0 Å². The fourth-order valence-electron chi connectivity index (χ4n) is 0.175. The summed E-state index contributed by atoms with van der Waals surface area (Å²) < 4.78 is 0. The highest BCUT2D eigenvalue weighted by atomic mass is 24.3. The molecule has 0 spiro atoms. The maximum absolute atomic E-state index is 9.81. The van der Waals surface area contributed by atoms with E-state index in [1.807, 2.05) is 0 Å². The molecule has 0 radical (unpaired) electrons. The molecule has 3 N–H and O–H groups in total. The molecule has 0 fully saturated rings. The van der Waals surface area contributed by atoms with E-state index in [-0.39, 0.29) is 23.1 Å². The van der Waals surface area contributed by atoms with Crippen molar-refractivity contribution in [2.75, 3.05) is 0 Å². The lowest BCUT2D eigenvalue weighted by Gasteiger charge is -1.97. The van der Waals surface area contributed by atoms with Gasteiger partial charge < -0.3 is 10.8 Å². The van der Waals surface area contributed by atoms with Gasteiger partial charge in [0.05, 0.1) is 0 Å². The lowest BCUT2D eigenvalue weighted by atomic mass is 10.2. The molecule has 0 amide bonds. The molecular weight excluding hydrogens is 118 g/mol. The Morgan fingerprint density at radius 3 is 2.25 bits per heavy atom. The topological polar surface area (TPSA) is 63.3 Å². The Balaban J connectivity index is 0. The Morgan fingerprint density at radius 2 is 2.25 bits per heavy atom. The maximum atomic E-state index is 9.81. The van der Waals surface area contributed by atoms with Crippen LogP contribution in [0.2, 0.25) is 0 Å². The number of carboxylic acids is 1. The minimum absolute atomic E-state index is 0. The molecule has 0 aliphatic carbocycles. The first-order chi connectivity index (χ1) is 3.18. The number of hydrogen-bond donors (Lipinski definition) is 2. The molecule has 0 aromatic heterocycles. The minimum atomic E-state index is -0.928. The number of nitrogens with two attached hydrogens (primary N) is 1. The van der Waals surface area contributed by atoms with Crippen molar-refractivity contribution in [3.8, 4) is 0 Å². The fraction of sp³-hybridized carbons (Fsp3) is 0.750. The zero-order valence-electron chi connectivity index (χ0n) is 4.22. The molecule has 0 heterocycles. The van der Waals surface area contributed by atoms with Crippen LogP contribution in [0.25, 0.3) is 0 Å². The third kappa shape index (κ3) is 4.36. The molecule has 3 nitrogen and oxygen atoms in total. The summed E-state index contributed by atoms with van der Waals surface area (Å²) in [6, 6.07) is -0.681. The van der Waals surface area contributed by atoms with Crippen molar-refractivity contribution in [1.29, 1.82) is 0 Å². The summed E-state index contributed by atoms with van der Waals surface area (Å²) in [5.41, 5.74) is 5.02. The smallest absolute Gasteiger partial charge is 0.320 e. The van der Waals surface area contributed by atoms with Gasteiger partial charge in [0, 0.05) is 0 Å². The molecule has 4 heteroatoms. The molecule has 0 saturated heterocycles. The quantitative estimate of drug-likeness (QED) is 0.465. The first kappa shape index (κ1) is 11.1. The van der Waals surface area contributed by atoms with Crippen LogP contribution in [0.3, 0.4) is 0 Å². The molecule has 0 aliphatic heterocycles. The van der Waals surface area contributed by atoms with E-state index in [0.29, 0.717) is 6.42 Å². The van der Waals surface area contributed by atoms with Crippen molar-refractivity contribution in [2.45, 2.75) is 19.4 Å². The summed E-state index contributed by atoms with van der Waals surface area (Å²) >= 11 is 0. The molecule has 8 heavy (non-hydrogen) atoms. The molecule has 1 unspecified atom stereocenters. The highest BCUT2D eigenvalue weighted by Crippen LogP contribution is 1.82. The first-order valence-corrected chi connectivity index (χ1v) is 2.17. The van der Waals surface area contributed by atoms with E-state index in [9.17, 15) is 4.79 Å². The first-order valence-electron chi connectivity index (χ1n) is 2.17. The number of carbonyl (C=O) groups is 1. The van der Waals surface area contributed by atoms with Gasteiger partial charge in [0.1, 0.15) is 6.04 Å². The van der Waals surface area contributed by atoms with Crippen molar-refractivity contribution in [3.63, 3.8) is 0 Å². The highest BCUT2D eigenvalue weighted by molar-refractivity contribution is 5.75. The maximum Gasteiger partial charge on any atom is 0.320 e. The second-order valence-electron chi connectivity index (χ2n) is 1.35. The lowest BCUT2D eigenvalue weighted by Crippen LogP contribution is -2.28. The summed E-state index contributed by atoms with van der Waals surface area (Å²) in [6.45, 7) is 1.73. The zero-order chi connectivity index (χ0) is 5.86. The zero-order valence-corrected chi connectivity index (χ0v) is 4.22. The predicted octanol–water partition coefficient (Wildman–Crippen LogP) is -1.11. The summed E-state index contributed by atoms with van der Waals surface area (Å²) in [5, 5.41) is 8.06. The Kier molecular flexibility index (Phi) is 7.37. The molecular formula is C4H11MgNO2. The molecule has 0 saturated carbocycles. The summed E-state index contributed by atoms with van der Waals surface area (Å²) in [5.74, 6) is -0.928. The van der Waals surface area contributed by atoms with Gasteiger partial charge in [-0.15, -0.1) is 0 Å². The van der Waals surface area contributed by atoms with E-state index in [1.54, 1.807) is 6.92 Å². The molecule has 0 aromatic carbocycles. The van der Waals surface area contributed by atoms with Gasteiger partial charge in [-0.3, -0.25) is 4.79 Å². The third-order valence-electron chi connectivity index (χ3n) is 0.757. The van der Waals surface area contributed by atoms with Crippen LogP contribution in [0.1, 0.15) is 13.3 Å². The van der Waals surface area contributed by atoms with Crippen LogP contribution in [-0.2, 0) is 4.79 Å². The predicted molar refractivity (Wildman–Crippen MR) is 34.4 cm³/mol. The van der Waals surface area contributed by atoms with E-state index >= 15 is 0 Å². The second-order valence-corrected chi connectivity index (χ2v) is 1.35. The lowest BCUT2D eigenvalue weighted by molar-refractivity contribution is -0.138. The van der Waals surface area contributed by atoms with E-state index < -0.39 is 12.0 Å². The number of carboxylic acid groups (broad SMARTS) is 1. The van der Waals surface area contributed by atoms with Crippen LogP contribution in [-0.4, -0.2) is 40.2 Å². The van der Waals surface area contributed by atoms with Crippen molar-refractivity contribution >= 4 is 29.0 Å². The number of rotatable bonds is 2. The Hall–Kier alpha value is 0.196. The second kappa shape index (κ2) is 5.34. The van der Waals surface area contributed by atoms with Crippen molar-refractivity contribution < 1.29 is 9.90 Å². The summed E-state index contributed by atoms with van der Waals surface area (Å²) in [4.78, 5) is 9.81. The van der Waals surface area contributed by atoms with E-state index in [1.165, 1.54) is 0 Å². The van der Waals surface area contributed by atoms with E-state index in [2.05, 4.69) is 0 Å². The molecule has 1 atom stereocenters. The van der Waals surface area contributed by atoms with Crippen LogP contribution >= 0.6 is 0 Å². The average molecular weight is 129 g/mol. The van der Waals surface area contributed by atoms with Crippen LogP contribution in [0.4, 0.5) is 0 Å². The van der Waals surface area contributed by atoms with Gasteiger partial charge >= 0.3 is 29.0 Å². The summed E-state index contributed by atoms with van der Waals surface area (Å²) in [6.07, 6.45) is 0.495. The van der Waals surface area contributed by atoms with E-state index in [4.69, 9.17) is 10.8 Å². The molecule has 0 aliphatic rings. The molecule has 0 aromatic rings. The monoisotopic (exact) mass is 129 g/mol. The molecule has 0 rings (SSSR count). The van der Waals surface area contributed by atoms with Gasteiger partial charge in [-0.05, 0) is 6.42 Å². The summed E-state index contributed by atoms with van der Waals surface area (Å²) in [7, 11) is 0. The highest BCUT2D eigenvalue weighted by Gasteiger charge is 2.05. The Labute approximate surface area is 64.4 Å². The number of aliphatic carboxylic acids is 1. The van der Waals surface area contributed by atoms with Gasteiger partial charge in [0.2, 0.25) is 0 Å².